The zero-order valence-corrected chi connectivity index (χ0v) is 8.10. The maximum absolute atomic E-state index is 10.4. The highest BCUT2D eigenvalue weighted by molar-refractivity contribution is 5.52. The Morgan fingerprint density at radius 3 is 2.58 bits per heavy atom. The highest BCUT2D eigenvalue weighted by Crippen LogP contribution is 2.18. The molecule has 12 heavy (non-hydrogen) atoms. The zero-order chi connectivity index (χ0) is 9.40. The average Bonchev–Trinajstić information content (AvgIpc) is 2.11. The van der Waals surface area contributed by atoms with Gasteiger partial charge >= 0.3 is 0 Å². The third-order valence-corrected chi connectivity index (χ3v) is 2.19. The molecule has 0 saturated heterocycles. The molecule has 70 valence electrons. The van der Waals surface area contributed by atoms with Gasteiger partial charge in [0.15, 0.2) is 0 Å². The van der Waals surface area contributed by atoms with E-state index < -0.39 is 0 Å². The smallest absolute Gasteiger partial charge is 0.123 e. The molecule has 2 heteroatoms. The highest BCUT2D eigenvalue weighted by atomic mass is 16.1. The molecule has 0 aliphatic carbocycles. The molecule has 0 heterocycles. The minimum atomic E-state index is 0.368. The van der Waals surface area contributed by atoms with Gasteiger partial charge in [-0.15, -0.1) is 0 Å². The van der Waals surface area contributed by atoms with Gasteiger partial charge in [-0.05, 0) is 32.2 Å². The molecule has 0 amide bonds. The molecule has 0 aromatic carbocycles. The molecule has 0 fully saturated rings. The SMILES string of the molecule is CCCCC(CCN)C(C)=C=O. The summed E-state index contributed by atoms with van der Waals surface area (Å²) in [6, 6.07) is 0. The first kappa shape index (κ1) is 11.4. The summed E-state index contributed by atoms with van der Waals surface area (Å²) in [5.74, 6) is 2.34. The first-order valence-electron chi connectivity index (χ1n) is 4.67. The van der Waals surface area contributed by atoms with Crippen LogP contribution in [0.15, 0.2) is 5.57 Å². The number of rotatable bonds is 6. The fourth-order valence-electron chi connectivity index (χ4n) is 1.31. The second-order valence-electron chi connectivity index (χ2n) is 3.20. The molecule has 0 saturated carbocycles. The zero-order valence-electron chi connectivity index (χ0n) is 8.10. The van der Waals surface area contributed by atoms with E-state index in [1.54, 1.807) is 0 Å². The van der Waals surface area contributed by atoms with E-state index >= 15 is 0 Å². The molecule has 0 aliphatic heterocycles. The van der Waals surface area contributed by atoms with E-state index in [1.165, 1.54) is 12.8 Å². The highest BCUT2D eigenvalue weighted by Gasteiger charge is 2.09. The maximum Gasteiger partial charge on any atom is 0.123 e. The minimum Gasteiger partial charge on any atom is -0.330 e. The first-order chi connectivity index (χ1) is 5.76. The second kappa shape index (κ2) is 7.08. The lowest BCUT2D eigenvalue weighted by Gasteiger charge is -2.13. The molecule has 2 N–H and O–H groups in total. The van der Waals surface area contributed by atoms with Crippen LogP contribution in [-0.4, -0.2) is 12.5 Å². The van der Waals surface area contributed by atoms with Gasteiger partial charge in [0.2, 0.25) is 0 Å². The lowest BCUT2D eigenvalue weighted by molar-refractivity contribution is 0.496. The number of hydrogen-bond donors (Lipinski definition) is 1. The summed E-state index contributed by atoms with van der Waals surface area (Å²) < 4.78 is 0. The lowest BCUT2D eigenvalue weighted by Crippen LogP contribution is -2.10. The van der Waals surface area contributed by atoms with Crippen LogP contribution >= 0.6 is 0 Å². The Morgan fingerprint density at radius 1 is 1.50 bits per heavy atom. The maximum atomic E-state index is 10.4. The first-order valence-corrected chi connectivity index (χ1v) is 4.67. The molecular weight excluding hydrogens is 150 g/mol. The van der Waals surface area contributed by atoms with E-state index in [0.717, 1.165) is 18.4 Å². The monoisotopic (exact) mass is 169 g/mol. The molecule has 1 unspecified atom stereocenters. The summed E-state index contributed by atoms with van der Waals surface area (Å²) in [5, 5.41) is 0. The van der Waals surface area contributed by atoms with Gasteiger partial charge in [-0.1, -0.05) is 19.8 Å². The molecule has 0 radical (unpaired) electrons. The van der Waals surface area contributed by atoms with Crippen molar-refractivity contribution in [3.05, 3.63) is 5.57 Å². The minimum absolute atomic E-state index is 0.368. The number of nitrogens with two attached hydrogens (primary N) is 1. The van der Waals surface area contributed by atoms with E-state index in [9.17, 15) is 4.79 Å². The summed E-state index contributed by atoms with van der Waals surface area (Å²) in [6.07, 6.45) is 4.34. The van der Waals surface area contributed by atoms with Crippen molar-refractivity contribution in [3.63, 3.8) is 0 Å². The van der Waals surface area contributed by atoms with E-state index in [2.05, 4.69) is 6.92 Å². The Bertz CT molecular complexity index is 159. The number of allylic oxidation sites excluding steroid dienone is 1. The Labute approximate surface area is 74.8 Å². The van der Waals surface area contributed by atoms with Crippen molar-refractivity contribution in [1.82, 2.24) is 0 Å². The van der Waals surface area contributed by atoms with Crippen molar-refractivity contribution in [2.45, 2.75) is 39.5 Å². The van der Waals surface area contributed by atoms with Crippen LogP contribution < -0.4 is 5.73 Å². The van der Waals surface area contributed by atoms with Gasteiger partial charge in [-0.3, -0.25) is 0 Å². The third-order valence-electron chi connectivity index (χ3n) is 2.19. The Balaban J connectivity index is 3.94. The van der Waals surface area contributed by atoms with E-state index in [4.69, 9.17) is 5.73 Å². The molecule has 0 aromatic rings. The van der Waals surface area contributed by atoms with Crippen LogP contribution in [0, 0.1) is 5.92 Å². The van der Waals surface area contributed by atoms with E-state index in [-0.39, 0.29) is 0 Å². The van der Waals surface area contributed by atoms with Crippen LogP contribution in [0.2, 0.25) is 0 Å². The summed E-state index contributed by atoms with van der Waals surface area (Å²) in [7, 11) is 0. The van der Waals surface area contributed by atoms with Crippen molar-refractivity contribution >= 4 is 5.94 Å². The second-order valence-corrected chi connectivity index (χ2v) is 3.20. The third kappa shape index (κ3) is 4.32. The van der Waals surface area contributed by atoms with Gasteiger partial charge in [0.25, 0.3) is 0 Å². The van der Waals surface area contributed by atoms with Crippen molar-refractivity contribution in [3.8, 4) is 0 Å². The Morgan fingerprint density at radius 2 is 2.17 bits per heavy atom. The molecule has 0 rings (SSSR count). The van der Waals surface area contributed by atoms with Crippen molar-refractivity contribution in [2.24, 2.45) is 11.7 Å². The fourth-order valence-corrected chi connectivity index (χ4v) is 1.31. The van der Waals surface area contributed by atoms with Gasteiger partial charge in [0.1, 0.15) is 5.94 Å². The summed E-state index contributed by atoms with van der Waals surface area (Å²) in [4.78, 5) is 10.4. The molecule has 1 atom stereocenters. The normalized spacial score (nSPS) is 12.2. The number of unbranched alkanes of at least 4 members (excludes halogenated alkanes) is 1. The van der Waals surface area contributed by atoms with Crippen LogP contribution in [0.25, 0.3) is 0 Å². The van der Waals surface area contributed by atoms with E-state index in [0.29, 0.717) is 12.5 Å². The van der Waals surface area contributed by atoms with Gasteiger partial charge < -0.3 is 5.73 Å². The molecule has 0 bridgehead atoms. The van der Waals surface area contributed by atoms with Gasteiger partial charge in [-0.25, -0.2) is 4.79 Å². The van der Waals surface area contributed by atoms with Gasteiger partial charge in [0.05, 0.1) is 0 Å². The van der Waals surface area contributed by atoms with Gasteiger partial charge in [0, 0.05) is 5.57 Å². The molecule has 0 aromatic heterocycles. The fraction of sp³-hybridized carbons (Fsp3) is 0.800. The predicted octanol–water partition coefficient (Wildman–Crippen LogP) is 1.92. The topological polar surface area (TPSA) is 43.1 Å². The van der Waals surface area contributed by atoms with Crippen molar-refractivity contribution in [2.75, 3.05) is 6.54 Å². The molecule has 2 nitrogen and oxygen atoms in total. The Kier molecular flexibility index (Phi) is 6.73. The predicted molar refractivity (Wildman–Crippen MR) is 51.6 cm³/mol. The lowest BCUT2D eigenvalue weighted by atomic mass is 9.92. The van der Waals surface area contributed by atoms with Crippen LogP contribution in [0.5, 0.6) is 0 Å². The molecule has 0 aliphatic rings. The van der Waals surface area contributed by atoms with Gasteiger partial charge in [-0.2, -0.15) is 0 Å². The number of hydrogen-bond acceptors (Lipinski definition) is 2. The summed E-state index contributed by atoms with van der Waals surface area (Å²) >= 11 is 0. The molecule has 0 spiro atoms. The van der Waals surface area contributed by atoms with Crippen molar-refractivity contribution < 1.29 is 4.79 Å². The van der Waals surface area contributed by atoms with Crippen LogP contribution in [0.1, 0.15) is 39.5 Å². The van der Waals surface area contributed by atoms with E-state index in [1.807, 2.05) is 12.9 Å². The summed E-state index contributed by atoms with van der Waals surface area (Å²) in [5.41, 5.74) is 6.28. The van der Waals surface area contributed by atoms with Crippen LogP contribution in [0.4, 0.5) is 0 Å². The summed E-state index contributed by atoms with van der Waals surface area (Å²) in [6.45, 7) is 4.66. The van der Waals surface area contributed by atoms with Crippen LogP contribution in [-0.2, 0) is 4.79 Å². The Hall–Kier alpha value is -0.590. The largest absolute Gasteiger partial charge is 0.330 e. The molecular formula is C10H19NO. The average molecular weight is 169 g/mol. The quantitative estimate of drug-likeness (QED) is 0.617. The standard InChI is InChI=1S/C10H19NO/c1-3-4-5-10(6-7-11)9(2)8-12/h10H,3-7,11H2,1-2H3. The van der Waals surface area contributed by atoms with Crippen LogP contribution in [0.3, 0.4) is 0 Å². The van der Waals surface area contributed by atoms with Crippen molar-refractivity contribution in [1.29, 1.82) is 0 Å². The number of carbonyl (C=O) groups excluding carboxylic acids is 1.